The zero-order chi connectivity index (χ0) is 17.0. The van der Waals surface area contributed by atoms with Crippen molar-refractivity contribution in [3.05, 3.63) is 51.8 Å². The molecule has 2 aromatic rings. The predicted molar refractivity (Wildman–Crippen MR) is 97.3 cm³/mol. The molecule has 0 aliphatic carbocycles. The second-order valence-corrected chi connectivity index (χ2v) is 6.00. The van der Waals surface area contributed by atoms with E-state index in [0.717, 1.165) is 12.1 Å². The third-order valence-corrected chi connectivity index (χ3v) is 4.01. The standard InChI is InChI=1S/C17H18Cl2FN3/c1-4-23(3)10-21-16-8-14(19)17(9-13(16)18)22-15-7-12(20)6-5-11(15)2/h5-10,22H,4H2,1-3H3/b21-10-. The van der Waals surface area contributed by atoms with Crippen LogP contribution in [0.5, 0.6) is 0 Å². The number of nitrogens with one attached hydrogen (secondary N) is 1. The molecule has 0 aliphatic heterocycles. The Hall–Kier alpha value is -1.78. The minimum absolute atomic E-state index is 0.316. The lowest BCUT2D eigenvalue weighted by molar-refractivity contribution is 0.552. The third kappa shape index (κ3) is 4.60. The molecule has 2 rings (SSSR count). The highest BCUT2D eigenvalue weighted by Gasteiger charge is 2.09. The van der Waals surface area contributed by atoms with Crippen LogP contribution in [-0.2, 0) is 0 Å². The summed E-state index contributed by atoms with van der Waals surface area (Å²) in [5, 5.41) is 4.03. The number of halogens is 3. The molecular weight excluding hydrogens is 336 g/mol. The maximum absolute atomic E-state index is 13.4. The molecule has 122 valence electrons. The van der Waals surface area contributed by atoms with E-state index in [1.54, 1.807) is 24.5 Å². The minimum Gasteiger partial charge on any atom is -0.366 e. The second-order valence-electron chi connectivity index (χ2n) is 5.19. The summed E-state index contributed by atoms with van der Waals surface area (Å²) in [4.78, 5) is 6.24. The lowest BCUT2D eigenvalue weighted by atomic mass is 10.2. The summed E-state index contributed by atoms with van der Waals surface area (Å²) in [6, 6.07) is 7.90. The highest BCUT2D eigenvalue weighted by Crippen LogP contribution is 2.36. The molecular formula is C17H18Cl2FN3. The molecule has 0 aromatic heterocycles. The van der Waals surface area contributed by atoms with Crippen LogP contribution in [0.1, 0.15) is 12.5 Å². The number of benzene rings is 2. The molecule has 0 saturated carbocycles. The SMILES string of the molecule is CCN(C)/C=N\c1cc(Cl)c(Nc2cc(F)ccc2C)cc1Cl. The van der Waals surface area contributed by atoms with Gasteiger partial charge in [-0.2, -0.15) is 0 Å². The highest BCUT2D eigenvalue weighted by molar-refractivity contribution is 6.37. The van der Waals surface area contributed by atoms with Gasteiger partial charge in [-0.1, -0.05) is 29.3 Å². The summed E-state index contributed by atoms with van der Waals surface area (Å²) < 4.78 is 13.4. The Morgan fingerprint density at radius 2 is 1.91 bits per heavy atom. The van der Waals surface area contributed by atoms with Crippen LogP contribution in [0.15, 0.2) is 35.3 Å². The number of aliphatic imine (C=N–C) groups is 1. The van der Waals surface area contributed by atoms with Crippen molar-refractivity contribution in [2.24, 2.45) is 4.99 Å². The van der Waals surface area contributed by atoms with Crippen LogP contribution < -0.4 is 5.32 Å². The van der Waals surface area contributed by atoms with E-state index in [2.05, 4.69) is 10.3 Å². The molecule has 6 heteroatoms. The summed E-state index contributed by atoms with van der Waals surface area (Å²) >= 11 is 12.6. The molecule has 1 N–H and O–H groups in total. The first kappa shape index (κ1) is 17.6. The second kappa shape index (κ2) is 7.66. The lowest BCUT2D eigenvalue weighted by Gasteiger charge is -2.13. The van der Waals surface area contributed by atoms with Crippen LogP contribution in [-0.4, -0.2) is 24.8 Å². The van der Waals surface area contributed by atoms with Crippen LogP contribution in [0, 0.1) is 12.7 Å². The lowest BCUT2D eigenvalue weighted by Crippen LogP contribution is -2.14. The van der Waals surface area contributed by atoms with Gasteiger partial charge in [-0.05, 0) is 43.7 Å². The van der Waals surface area contributed by atoms with Crippen molar-refractivity contribution in [3.63, 3.8) is 0 Å². The van der Waals surface area contributed by atoms with Crippen LogP contribution in [0.2, 0.25) is 10.0 Å². The van der Waals surface area contributed by atoms with E-state index in [1.807, 2.05) is 25.8 Å². The third-order valence-electron chi connectivity index (χ3n) is 3.40. The molecule has 3 nitrogen and oxygen atoms in total. The Bertz CT molecular complexity index is 732. The predicted octanol–water partition coefficient (Wildman–Crippen LogP) is 5.80. The first-order chi connectivity index (χ1) is 10.9. The van der Waals surface area contributed by atoms with E-state index in [9.17, 15) is 4.39 Å². The highest BCUT2D eigenvalue weighted by atomic mass is 35.5. The number of aryl methyl sites for hydroxylation is 1. The summed E-state index contributed by atoms with van der Waals surface area (Å²) in [5.74, 6) is -0.316. The Balaban J connectivity index is 2.29. The van der Waals surface area contributed by atoms with Crippen LogP contribution >= 0.6 is 23.2 Å². The van der Waals surface area contributed by atoms with Gasteiger partial charge in [0.2, 0.25) is 0 Å². The van der Waals surface area contributed by atoms with E-state index < -0.39 is 0 Å². The Kier molecular flexibility index (Phi) is 5.85. The van der Waals surface area contributed by atoms with Crippen LogP contribution in [0.25, 0.3) is 0 Å². The molecule has 0 saturated heterocycles. The fourth-order valence-electron chi connectivity index (χ4n) is 1.85. The molecule has 0 unspecified atom stereocenters. The summed E-state index contributed by atoms with van der Waals surface area (Å²) in [7, 11) is 1.92. The van der Waals surface area contributed by atoms with Gasteiger partial charge in [-0.3, -0.25) is 0 Å². The summed E-state index contributed by atoms with van der Waals surface area (Å²) in [5.41, 5.74) is 2.74. The van der Waals surface area contributed by atoms with Gasteiger partial charge in [-0.15, -0.1) is 0 Å². The zero-order valence-electron chi connectivity index (χ0n) is 13.2. The van der Waals surface area contributed by atoms with Crippen molar-refractivity contribution in [3.8, 4) is 0 Å². The van der Waals surface area contributed by atoms with E-state index in [-0.39, 0.29) is 5.82 Å². The Labute approximate surface area is 145 Å². The van der Waals surface area contributed by atoms with Gasteiger partial charge in [0.1, 0.15) is 5.82 Å². The normalized spacial score (nSPS) is 11.0. The van der Waals surface area contributed by atoms with Gasteiger partial charge in [0.25, 0.3) is 0 Å². The number of hydrogen-bond donors (Lipinski definition) is 1. The Morgan fingerprint density at radius 3 is 2.61 bits per heavy atom. The fraction of sp³-hybridized carbons (Fsp3) is 0.235. The molecule has 0 fully saturated rings. The summed E-state index contributed by atoms with van der Waals surface area (Å²) in [6.07, 6.45) is 1.70. The molecule has 0 bridgehead atoms. The first-order valence-corrected chi connectivity index (χ1v) is 7.93. The van der Waals surface area contributed by atoms with Crippen LogP contribution in [0.4, 0.5) is 21.5 Å². The quantitative estimate of drug-likeness (QED) is 0.543. The zero-order valence-corrected chi connectivity index (χ0v) is 14.7. The fourth-order valence-corrected chi connectivity index (χ4v) is 2.27. The topological polar surface area (TPSA) is 27.6 Å². The van der Waals surface area contributed by atoms with E-state index in [1.165, 1.54) is 12.1 Å². The molecule has 0 radical (unpaired) electrons. The van der Waals surface area contributed by atoms with Crippen LogP contribution in [0.3, 0.4) is 0 Å². The maximum atomic E-state index is 13.4. The van der Waals surface area contributed by atoms with Gasteiger partial charge < -0.3 is 10.2 Å². The molecule has 23 heavy (non-hydrogen) atoms. The van der Waals surface area contributed by atoms with Gasteiger partial charge in [-0.25, -0.2) is 9.38 Å². The van der Waals surface area contributed by atoms with Crippen molar-refractivity contribution >= 4 is 46.6 Å². The number of anilines is 2. The maximum Gasteiger partial charge on any atom is 0.125 e. The van der Waals surface area contributed by atoms with E-state index >= 15 is 0 Å². The van der Waals surface area contributed by atoms with E-state index in [4.69, 9.17) is 23.2 Å². The van der Waals surface area contributed by atoms with Gasteiger partial charge in [0, 0.05) is 19.3 Å². The number of nitrogens with zero attached hydrogens (tertiary/aromatic N) is 2. The van der Waals surface area contributed by atoms with Crippen molar-refractivity contribution in [2.45, 2.75) is 13.8 Å². The molecule has 0 spiro atoms. The molecule has 2 aromatic carbocycles. The van der Waals surface area contributed by atoms with Crippen molar-refractivity contribution in [1.82, 2.24) is 4.90 Å². The van der Waals surface area contributed by atoms with Crippen molar-refractivity contribution in [2.75, 3.05) is 18.9 Å². The average molecular weight is 354 g/mol. The molecule has 0 atom stereocenters. The average Bonchev–Trinajstić information content (AvgIpc) is 2.52. The van der Waals surface area contributed by atoms with Gasteiger partial charge in [0.05, 0.1) is 27.8 Å². The smallest absolute Gasteiger partial charge is 0.125 e. The van der Waals surface area contributed by atoms with E-state index in [0.29, 0.717) is 27.1 Å². The monoisotopic (exact) mass is 353 g/mol. The van der Waals surface area contributed by atoms with Gasteiger partial charge >= 0.3 is 0 Å². The molecule has 0 amide bonds. The molecule has 0 aliphatic rings. The Morgan fingerprint density at radius 1 is 1.17 bits per heavy atom. The molecule has 0 heterocycles. The van der Waals surface area contributed by atoms with Gasteiger partial charge in [0.15, 0.2) is 0 Å². The number of rotatable bonds is 5. The first-order valence-electron chi connectivity index (χ1n) is 7.17. The number of hydrogen-bond acceptors (Lipinski definition) is 2. The minimum atomic E-state index is -0.316. The van der Waals surface area contributed by atoms with Crippen molar-refractivity contribution < 1.29 is 4.39 Å². The van der Waals surface area contributed by atoms with Crippen molar-refractivity contribution in [1.29, 1.82) is 0 Å². The summed E-state index contributed by atoms with van der Waals surface area (Å²) in [6.45, 7) is 4.75. The largest absolute Gasteiger partial charge is 0.366 e.